The van der Waals surface area contributed by atoms with Gasteiger partial charge in [-0.15, -0.1) is 0 Å². The van der Waals surface area contributed by atoms with E-state index in [1.807, 2.05) is 0 Å². The molecule has 0 aliphatic carbocycles. The van der Waals surface area contributed by atoms with Crippen molar-refractivity contribution in [3.05, 3.63) is 24.3 Å². The number of hydrogen-bond acceptors (Lipinski definition) is 5. The molecule has 0 bridgehead atoms. The molecule has 0 unspecified atom stereocenters. The molecule has 5 nitrogen and oxygen atoms in total. The Morgan fingerprint density at radius 1 is 1.05 bits per heavy atom. The Hall–Kier alpha value is -0.110. The monoisotopic (exact) mass is 296 g/mol. The van der Waals surface area contributed by atoms with Gasteiger partial charge in [-0.25, -0.2) is 8.42 Å². The summed E-state index contributed by atoms with van der Waals surface area (Å²) in [7, 11) is -4.38. The fraction of sp³-hybridized carbons (Fsp3) is 0.500. The molecule has 1 N–H and O–H groups in total. The fourth-order valence-corrected chi connectivity index (χ4v) is 1.93. The zero-order chi connectivity index (χ0) is 13.4. The minimum absolute atomic E-state index is 0. The quantitative estimate of drug-likeness (QED) is 0.359. The van der Waals surface area contributed by atoms with Gasteiger partial charge in [0.15, 0.2) is 0 Å². The number of aliphatic hydroxyl groups excluding tert-OH is 1. The zero-order valence-corrected chi connectivity index (χ0v) is 13.9. The number of rotatable bonds is 8. The maximum absolute atomic E-state index is 10.7. The molecule has 0 spiro atoms. The first-order valence-electron chi connectivity index (χ1n) is 5.83. The standard InChI is InChI=1S/C12H18O5S.Na/c13-9-3-1-2-4-10-17-11-5-7-12(8-6-11)18(14,15)16;/h5-8,13H,1-4,9-10H2,(H,14,15,16);/q;+1/p-1. The van der Waals surface area contributed by atoms with Crippen LogP contribution in [-0.4, -0.2) is 31.3 Å². The summed E-state index contributed by atoms with van der Waals surface area (Å²) in [5.41, 5.74) is 0. The Labute approximate surface area is 136 Å². The van der Waals surface area contributed by atoms with Crippen LogP contribution < -0.4 is 34.3 Å². The third-order valence-corrected chi connectivity index (χ3v) is 3.28. The summed E-state index contributed by atoms with van der Waals surface area (Å²) in [4.78, 5) is -0.252. The van der Waals surface area contributed by atoms with Gasteiger partial charge in [-0.2, -0.15) is 0 Å². The van der Waals surface area contributed by atoms with Crippen LogP contribution >= 0.6 is 0 Å². The molecule has 0 saturated carbocycles. The molecule has 1 aromatic carbocycles. The maximum Gasteiger partial charge on any atom is 1.00 e. The van der Waals surface area contributed by atoms with Gasteiger partial charge in [0.1, 0.15) is 15.9 Å². The van der Waals surface area contributed by atoms with Gasteiger partial charge >= 0.3 is 29.6 Å². The normalized spacial score (nSPS) is 10.8. The van der Waals surface area contributed by atoms with Crippen molar-refractivity contribution in [3.63, 3.8) is 0 Å². The van der Waals surface area contributed by atoms with Gasteiger partial charge in [0, 0.05) is 6.61 Å². The van der Waals surface area contributed by atoms with Crippen molar-refractivity contribution in [2.24, 2.45) is 0 Å². The molecule has 1 rings (SSSR count). The summed E-state index contributed by atoms with van der Waals surface area (Å²) in [6, 6.07) is 5.42. The van der Waals surface area contributed by atoms with E-state index in [2.05, 4.69) is 0 Å². The Balaban J connectivity index is 0.00000324. The third-order valence-electron chi connectivity index (χ3n) is 2.43. The van der Waals surface area contributed by atoms with Crippen LogP contribution in [0.4, 0.5) is 0 Å². The van der Waals surface area contributed by atoms with Gasteiger partial charge in [0.2, 0.25) is 0 Å². The number of ether oxygens (including phenoxy) is 1. The molecule has 1 aromatic rings. The molecule has 0 amide bonds. The number of benzene rings is 1. The van der Waals surface area contributed by atoms with Gasteiger partial charge < -0.3 is 14.4 Å². The van der Waals surface area contributed by atoms with Crippen molar-refractivity contribution in [3.8, 4) is 5.75 Å². The smallest absolute Gasteiger partial charge is 0.744 e. The van der Waals surface area contributed by atoms with Crippen molar-refractivity contribution in [2.75, 3.05) is 13.2 Å². The molecule has 7 heteroatoms. The van der Waals surface area contributed by atoms with E-state index in [1.165, 1.54) is 24.3 Å². The fourth-order valence-electron chi connectivity index (χ4n) is 1.46. The van der Waals surface area contributed by atoms with E-state index in [9.17, 15) is 13.0 Å². The summed E-state index contributed by atoms with van der Waals surface area (Å²) >= 11 is 0. The van der Waals surface area contributed by atoms with E-state index >= 15 is 0 Å². The van der Waals surface area contributed by atoms with Crippen LogP contribution in [0.25, 0.3) is 0 Å². The molecule has 0 aromatic heterocycles. The maximum atomic E-state index is 10.7. The van der Waals surface area contributed by atoms with Crippen molar-refractivity contribution in [1.29, 1.82) is 0 Å². The summed E-state index contributed by atoms with van der Waals surface area (Å²) in [5, 5.41) is 8.59. The van der Waals surface area contributed by atoms with Crippen LogP contribution in [0, 0.1) is 0 Å². The van der Waals surface area contributed by atoms with E-state index in [4.69, 9.17) is 9.84 Å². The van der Waals surface area contributed by atoms with Crippen LogP contribution in [0.15, 0.2) is 29.2 Å². The number of unbranched alkanes of at least 4 members (excludes halogenated alkanes) is 3. The predicted molar refractivity (Wildman–Crippen MR) is 65.5 cm³/mol. The summed E-state index contributed by atoms with van der Waals surface area (Å²) in [6.07, 6.45) is 3.62. The van der Waals surface area contributed by atoms with Crippen molar-refractivity contribution < 1.29 is 52.4 Å². The van der Waals surface area contributed by atoms with Crippen LogP contribution in [0.3, 0.4) is 0 Å². The molecule has 19 heavy (non-hydrogen) atoms. The summed E-state index contributed by atoms with van der Waals surface area (Å²) < 4.78 is 37.5. The first-order chi connectivity index (χ1) is 8.54. The molecule has 0 heterocycles. The Bertz CT molecular complexity index is 444. The molecule has 0 aliphatic heterocycles. The molecule has 0 fully saturated rings. The Morgan fingerprint density at radius 2 is 1.63 bits per heavy atom. The first kappa shape index (κ1) is 18.9. The SMILES string of the molecule is O=S(=O)([O-])c1ccc(OCCCCCCO)cc1.[Na+]. The molecular weight excluding hydrogens is 279 g/mol. The molecule has 0 atom stereocenters. The van der Waals surface area contributed by atoms with E-state index in [0.717, 1.165) is 25.7 Å². The van der Waals surface area contributed by atoms with Gasteiger partial charge in [-0.05, 0) is 43.5 Å². The third kappa shape index (κ3) is 7.91. The molecule has 0 saturated heterocycles. The second-order valence-electron chi connectivity index (χ2n) is 3.91. The zero-order valence-electron chi connectivity index (χ0n) is 11.0. The molecular formula is C12H17NaO5S. The predicted octanol–water partition coefficient (Wildman–Crippen LogP) is -1.47. The molecule has 102 valence electrons. The van der Waals surface area contributed by atoms with Gasteiger partial charge in [-0.1, -0.05) is 6.42 Å². The number of hydrogen-bond donors (Lipinski definition) is 1. The average Bonchev–Trinajstić information content (AvgIpc) is 2.33. The van der Waals surface area contributed by atoms with E-state index in [0.29, 0.717) is 12.4 Å². The minimum atomic E-state index is -4.38. The van der Waals surface area contributed by atoms with Gasteiger partial charge in [0.05, 0.1) is 11.5 Å². The topological polar surface area (TPSA) is 86.7 Å². The Morgan fingerprint density at radius 3 is 2.16 bits per heavy atom. The van der Waals surface area contributed by atoms with Gasteiger partial charge in [-0.3, -0.25) is 0 Å². The average molecular weight is 296 g/mol. The summed E-state index contributed by atoms with van der Waals surface area (Å²) in [6.45, 7) is 0.751. The minimum Gasteiger partial charge on any atom is -0.744 e. The largest absolute Gasteiger partial charge is 1.00 e. The molecule has 0 radical (unpaired) electrons. The van der Waals surface area contributed by atoms with Gasteiger partial charge in [0.25, 0.3) is 0 Å². The van der Waals surface area contributed by atoms with E-state index in [1.54, 1.807) is 0 Å². The van der Waals surface area contributed by atoms with Crippen molar-refractivity contribution in [1.82, 2.24) is 0 Å². The second-order valence-corrected chi connectivity index (χ2v) is 5.29. The Kier molecular flexibility index (Phi) is 9.68. The van der Waals surface area contributed by atoms with Crippen LogP contribution in [0.1, 0.15) is 25.7 Å². The van der Waals surface area contributed by atoms with E-state index < -0.39 is 10.1 Å². The second kappa shape index (κ2) is 9.74. The number of aliphatic hydroxyl groups is 1. The van der Waals surface area contributed by atoms with Crippen molar-refractivity contribution in [2.45, 2.75) is 30.6 Å². The van der Waals surface area contributed by atoms with E-state index in [-0.39, 0.29) is 41.1 Å². The van der Waals surface area contributed by atoms with Crippen LogP contribution in [0.5, 0.6) is 5.75 Å². The summed E-state index contributed by atoms with van der Waals surface area (Å²) in [5.74, 6) is 0.546. The van der Waals surface area contributed by atoms with Crippen LogP contribution in [0.2, 0.25) is 0 Å². The van der Waals surface area contributed by atoms with Crippen molar-refractivity contribution >= 4 is 10.1 Å². The molecule has 0 aliphatic rings. The first-order valence-corrected chi connectivity index (χ1v) is 7.24. The van der Waals surface area contributed by atoms with Crippen LogP contribution in [-0.2, 0) is 10.1 Å².